The van der Waals surface area contributed by atoms with Gasteiger partial charge in [-0.15, -0.1) is 0 Å². The number of carbonyl (C=O) groups is 2. The molecule has 0 heterocycles. The summed E-state index contributed by atoms with van der Waals surface area (Å²) in [5.41, 5.74) is 0. The zero-order valence-electron chi connectivity index (χ0n) is 29.7. The van der Waals surface area contributed by atoms with E-state index in [2.05, 4.69) is 13.8 Å². The van der Waals surface area contributed by atoms with E-state index < -0.39 is 6.10 Å². The van der Waals surface area contributed by atoms with Gasteiger partial charge in [-0.1, -0.05) is 194 Å². The van der Waals surface area contributed by atoms with Crippen LogP contribution in [0.1, 0.15) is 219 Å². The van der Waals surface area contributed by atoms with Crippen LogP contribution in [0.2, 0.25) is 0 Å². The molecule has 0 saturated heterocycles. The first-order valence-corrected chi connectivity index (χ1v) is 19.6. The van der Waals surface area contributed by atoms with E-state index >= 15 is 0 Å². The molecule has 262 valence electrons. The molecule has 0 aromatic carbocycles. The summed E-state index contributed by atoms with van der Waals surface area (Å²) in [6.07, 6.45) is 38.7. The van der Waals surface area contributed by atoms with Crippen LogP contribution >= 0.6 is 0 Å². The van der Waals surface area contributed by atoms with Crippen LogP contribution in [-0.4, -0.2) is 36.4 Å². The number of carbonyl (C=O) groups excluding carboxylic acids is 2. The largest absolute Gasteiger partial charge is 0.462 e. The van der Waals surface area contributed by atoms with E-state index in [1.807, 2.05) is 0 Å². The number of rotatable bonds is 36. The summed E-state index contributed by atoms with van der Waals surface area (Å²) in [5.74, 6) is -0.575. The zero-order valence-corrected chi connectivity index (χ0v) is 29.7. The fourth-order valence-electron chi connectivity index (χ4n) is 5.91. The van der Waals surface area contributed by atoms with Crippen LogP contribution in [0, 0.1) is 0 Å². The molecule has 0 radical (unpaired) electrons. The van der Waals surface area contributed by atoms with Crippen molar-refractivity contribution in [2.75, 3.05) is 13.2 Å². The highest BCUT2D eigenvalue weighted by atomic mass is 16.6. The summed E-state index contributed by atoms with van der Waals surface area (Å²) in [7, 11) is 0. The molecule has 0 bridgehead atoms. The van der Waals surface area contributed by atoms with Crippen molar-refractivity contribution in [2.24, 2.45) is 0 Å². The number of aliphatic hydroxyl groups excluding tert-OH is 1. The first-order valence-electron chi connectivity index (χ1n) is 19.6. The zero-order chi connectivity index (χ0) is 32.2. The Morgan fingerprint density at radius 1 is 0.432 bits per heavy atom. The summed E-state index contributed by atoms with van der Waals surface area (Å²) < 4.78 is 10.6. The first-order chi connectivity index (χ1) is 21.6. The number of hydrogen-bond donors (Lipinski definition) is 1. The van der Waals surface area contributed by atoms with E-state index in [-0.39, 0.29) is 25.2 Å². The predicted molar refractivity (Wildman–Crippen MR) is 187 cm³/mol. The summed E-state index contributed by atoms with van der Waals surface area (Å²) in [6.45, 7) is 4.16. The maximum absolute atomic E-state index is 12.2. The maximum Gasteiger partial charge on any atom is 0.306 e. The molecule has 0 aromatic rings. The number of hydrogen-bond acceptors (Lipinski definition) is 5. The SMILES string of the molecule is CCCCCCCCCCCCCCCCCCC(=O)O[C@@H](CO)COC(=O)CCCCCCCCCCCCCCCC. The molecule has 0 amide bonds. The fraction of sp³-hybridized carbons (Fsp3) is 0.949. The van der Waals surface area contributed by atoms with Gasteiger partial charge in [0.05, 0.1) is 6.61 Å². The van der Waals surface area contributed by atoms with Gasteiger partial charge in [-0.25, -0.2) is 0 Å². The van der Waals surface area contributed by atoms with Crippen molar-refractivity contribution in [1.82, 2.24) is 0 Å². The molecule has 5 nitrogen and oxygen atoms in total. The van der Waals surface area contributed by atoms with Crippen molar-refractivity contribution in [3.8, 4) is 0 Å². The number of aliphatic hydroxyl groups is 1. The van der Waals surface area contributed by atoms with Crippen LogP contribution in [0.25, 0.3) is 0 Å². The van der Waals surface area contributed by atoms with Crippen molar-refractivity contribution >= 4 is 11.9 Å². The predicted octanol–water partition coefficient (Wildman–Crippen LogP) is 12.0. The number of ether oxygens (including phenoxy) is 2. The van der Waals surface area contributed by atoms with Crippen LogP contribution in [-0.2, 0) is 19.1 Å². The van der Waals surface area contributed by atoms with E-state index in [0.29, 0.717) is 12.8 Å². The highest BCUT2D eigenvalue weighted by molar-refractivity contribution is 5.70. The Morgan fingerprint density at radius 3 is 1.00 bits per heavy atom. The molecule has 0 fully saturated rings. The van der Waals surface area contributed by atoms with Crippen molar-refractivity contribution < 1.29 is 24.2 Å². The third-order valence-electron chi connectivity index (χ3n) is 8.90. The number of unbranched alkanes of at least 4 members (excludes halogenated alkanes) is 28. The van der Waals surface area contributed by atoms with Gasteiger partial charge in [0.25, 0.3) is 0 Å². The average molecular weight is 625 g/mol. The molecule has 44 heavy (non-hydrogen) atoms. The summed E-state index contributed by atoms with van der Waals surface area (Å²) in [4.78, 5) is 24.2. The summed E-state index contributed by atoms with van der Waals surface area (Å²) in [6, 6.07) is 0. The first kappa shape index (κ1) is 42.9. The smallest absolute Gasteiger partial charge is 0.306 e. The van der Waals surface area contributed by atoms with Crippen LogP contribution in [0.3, 0.4) is 0 Å². The minimum atomic E-state index is -0.760. The Bertz CT molecular complexity index is 593. The lowest BCUT2D eigenvalue weighted by atomic mass is 10.0. The van der Waals surface area contributed by atoms with E-state index in [1.54, 1.807) is 0 Å². The van der Waals surface area contributed by atoms with Gasteiger partial charge in [0.2, 0.25) is 0 Å². The van der Waals surface area contributed by atoms with Gasteiger partial charge < -0.3 is 14.6 Å². The van der Waals surface area contributed by atoms with Gasteiger partial charge in [0.15, 0.2) is 6.10 Å². The third-order valence-corrected chi connectivity index (χ3v) is 8.90. The molecule has 0 aromatic heterocycles. The van der Waals surface area contributed by atoms with Crippen molar-refractivity contribution in [2.45, 2.75) is 225 Å². The molecule has 0 aliphatic carbocycles. The Labute approximate surface area is 274 Å². The van der Waals surface area contributed by atoms with Crippen LogP contribution in [0.15, 0.2) is 0 Å². The van der Waals surface area contributed by atoms with Crippen molar-refractivity contribution in [3.63, 3.8) is 0 Å². The normalized spacial score (nSPS) is 12.0. The average Bonchev–Trinajstić information content (AvgIpc) is 3.02. The molecule has 1 N–H and O–H groups in total. The van der Waals surface area contributed by atoms with E-state index in [1.165, 1.54) is 161 Å². The standard InChI is InChI=1S/C39H76O5/c1-3-5-7-9-11-13-15-17-19-20-22-24-26-28-30-32-34-39(42)44-37(35-40)36-43-38(41)33-31-29-27-25-23-21-18-16-14-12-10-8-6-4-2/h37,40H,3-36H2,1-2H3/t37-/m0/s1. The number of esters is 2. The Balaban J connectivity index is 3.49. The molecule has 1 atom stereocenters. The van der Waals surface area contributed by atoms with Gasteiger partial charge in [-0.2, -0.15) is 0 Å². The molecular weight excluding hydrogens is 548 g/mol. The van der Waals surface area contributed by atoms with Crippen molar-refractivity contribution in [3.05, 3.63) is 0 Å². The summed E-state index contributed by atoms with van der Waals surface area (Å²) >= 11 is 0. The van der Waals surface area contributed by atoms with Gasteiger partial charge in [-0.3, -0.25) is 9.59 Å². The lowest BCUT2D eigenvalue weighted by Gasteiger charge is -2.15. The lowest BCUT2D eigenvalue weighted by Crippen LogP contribution is -2.28. The van der Waals surface area contributed by atoms with Gasteiger partial charge in [0.1, 0.15) is 6.61 Å². The molecule has 0 aliphatic rings. The molecule has 0 unspecified atom stereocenters. The van der Waals surface area contributed by atoms with E-state index in [9.17, 15) is 14.7 Å². The van der Waals surface area contributed by atoms with Crippen LogP contribution in [0.4, 0.5) is 0 Å². The molecule has 5 heteroatoms. The minimum absolute atomic E-state index is 0.0569. The van der Waals surface area contributed by atoms with Gasteiger partial charge >= 0.3 is 11.9 Å². The van der Waals surface area contributed by atoms with Gasteiger partial charge in [0, 0.05) is 12.8 Å². The van der Waals surface area contributed by atoms with E-state index in [0.717, 1.165) is 32.1 Å². The monoisotopic (exact) mass is 625 g/mol. The van der Waals surface area contributed by atoms with Crippen LogP contribution < -0.4 is 0 Å². The molecule has 0 rings (SSSR count). The topological polar surface area (TPSA) is 72.8 Å². The molecule has 0 aliphatic heterocycles. The third kappa shape index (κ3) is 33.8. The Kier molecular flexibility index (Phi) is 35.5. The lowest BCUT2D eigenvalue weighted by molar-refractivity contribution is -0.161. The second-order valence-electron chi connectivity index (χ2n) is 13.4. The minimum Gasteiger partial charge on any atom is -0.462 e. The Hall–Kier alpha value is -1.10. The Morgan fingerprint density at radius 2 is 0.705 bits per heavy atom. The van der Waals surface area contributed by atoms with Crippen LogP contribution in [0.5, 0.6) is 0 Å². The highest BCUT2D eigenvalue weighted by Crippen LogP contribution is 2.15. The summed E-state index contributed by atoms with van der Waals surface area (Å²) in [5, 5.41) is 9.54. The second kappa shape index (κ2) is 36.4. The second-order valence-corrected chi connectivity index (χ2v) is 13.4. The fourth-order valence-corrected chi connectivity index (χ4v) is 5.91. The quantitative estimate of drug-likeness (QED) is 0.0554. The molecule has 0 saturated carbocycles. The highest BCUT2D eigenvalue weighted by Gasteiger charge is 2.16. The van der Waals surface area contributed by atoms with E-state index in [4.69, 9.17) is 9.47 Å². The van der Waals surface area contributed by atoms with Gasteiger partial charge in [-0.05, 0) is 12.8 Å². The van der Waals surface area contributed by atoms with Crippen molar-refractivity contribution in [1.29, 1.82) is 0 Å². The molecular formula is C39H76O5. The maximum atomic E-state index is 12.2. The molecule has 0 spiro atoms.